The number of nitrogens with one attached hydrogen (secondary N) is 2. The number of aromatic nitrogens is 2. The van der Waals surface area contributed by atoms with Crippen LogP contribution in [0.3, 0.4) is 0 Å². The predicted molar refractivity (Wildman–Crippen MR) is 182 cm³/mol. The van der Waals surface area contributed by atoms with Gasteiger partial charge in [0.25, 0.3) is 5.91 Å². The van der Waals surface area contributed by atoms with Crippen molar-refractivity contribution < 1.29 is 23.1 Å². The Morgan fingerprint density at radius 3 is 2.62 bits per heavy atom. The number of nitrogens with zero attached hydrogens (tertiary/aromatic N) is 7. The number of amides is 2. The zero-order chi connectivity index (χ0) is 34.6. The van der Waals surface area contributed by atoms with Crippen LogP contribution in [0.15, 0.2) is 58.0 Å². The molecule has 4 heterocycles. The van der Waals surface area contributed by atoms with E-state index in [1.165, 1.54) is 23.4 Å². The van der Waals surface area contributed by atoms with E-state index in [1.807, 2.05) is 13.8 Å². The molecule has 0 spiro atoms. The lowest BCUT2D eigenvalue weighted by Crippen LogP contribution is -2.49. The molecule has 1 fully saturated rings. The molecule has 0 atom stereocenters. The number of thioether (sulfide) groups is 1. The molecule has 5 rings (SSSR count). The molecule has 2 N–H and O–H groups in total. The lowest BCUT2D eigenvalue weighted by Gasteiger charge is -2.34. The monoisotopic (exact) mass is 683 g/mol. The second-order valence-corrected chi connectivity index (χ2v) is 13.2. The zero-order valence-electron chi connectivity index (χ0n) is 27.8. The summed E-state index contributed by atoms with van der Waals surface area (Å²) in [5.74, 6) is -0.259. The van der Waals surface area contributed by atoms with E-state index < -0.39 is 12.5 Å². The highest BCUT2D eigenvalue weighted by Crippen LogP contribution is 2.39. The lowest BCUT2D eigenvalue weighted by molar-refractivity contribution is -0.133. The van der Waals surface area contributed by atoms with Crippen molar-refractivity contribution in [1.29, 1.82) is 5.26 Å². The van der Waals surface area contributed by atoms with Crippen molar-refractivity contribution in [1.82, 2.24) is 30.0 Å². The smallest absolute Gasteiger partial charge is 0.387 e. The van der Waals surface area contributed by atoms with Gasteiger partial charge in [-0.1, -0.05) is 34.1 Å². The third kappa shape index (κ3) is 9.88. The minimum Gasteiger partial charge on any atom is -0.434 e. The van der Waals surface area contributed by atoms with E-state index in [2.05, 4.69) is 45.7 Å². The van der Waals surface area contributed by atoms with Crippen molar-refractivity contribution in [3.05, 3.63) is 48.1 Å². The Labute approximate surface area is 284 Å². The lowest BCUT2D eigenvalue weighted by atomic mass is 10.1. The number of piperazine rings is 1. The number of rotatable bonds is 12. The Kier molecular flexibility index (Phi) is 13.5. The first-order chi connectivity index (χ1) is 23.1. The van der Waals surface area contributed by atoms with Crippen LogP contribution in [-0.4, -0.2) is 93.7 Å². The Morgan fingerprint density at radius 1 is 1.19 bits per heavy atom. The highest BCUT2D eigenvalue weighted by atomic mass is 32.2. The Bertz CT molecular complexity index is 1560. The number of carbonyl (C=O) groups is 2. The number of allylic oxidation sites excluding steroid dienone is 1. The largest absolute Gasteiger partial charge is 0.434 e. The van der Waals surface area contributed by atoms with Crippen LogP contribution in [0.5, 0.6) is 5.75 Å². The maximum Gasteiger partial charge on any atom is 0.387 e. The number of unbranched alkanes of at least 4 members (excludes halogenated alkanes) is 1. The van der Waals surface area contributed by atoms with E-state index in [4.69, 9.17) is 10.00 Å². The fourth-order valence-electron chi connectivity index (χ4n) is 5.22. The van der Waals surface area contributed by atoms with E-state index in [1.54, 1.807) is 52.3 Å². The molecule has 2 amide bonds. The van der Waals surface area contributed by atoms with Crippen LogP contribution in [-0.2, 0) is 16.1 Å². The number of alkyl halides is 2. The number of aliphatic imine (C=N–C) groups is 1. The van der Waals surface area contributed by atoms with Gasteiger partial charge in [0.2, 0.25) is 5.91 Å². The summed E-state index contributed by atoms with van der Waals surface area (Å²) in [7, 11) is 0. The maximum absolute atomic E-state index is 13.5. The van der Waals surface area contributed by atoms with Gasteiger partial charge in [0.05, 0.1) is 17.3 Å². The van der Waals surface area contributed by atoms with Gasteiger partial charge in [-0.25, -0.2) is 10.4 Å². The number of hydrogen-bond donors (Lipinski definition) is 2. The molecule has 1 aromatic heterocycles. The first-order valence-electron chi connectivity index (χ1n) is 16.1. The fraction of sp³-hybridized carbons (Fsp3) is 0.485. The van der Waals surface area contributed by atoms with Crippen LogP contribution in [0.4, 0.5) is 14.5 Å². The Balaban J connectivity index is 0.00000167. The quantitative estimate of drug-likeness (QED) is 0.232. The molecular weight excluding hydrogens is 640 g/mol. The summed E-state index contributed by atoms with van der Waals surface area (Å²) in [6, 6.07) is 7.02. The van der Waals surface area contributed by atoms with E-state index in [0.29, 0.717) is 44.0 Å². The molecule has 0 saturated carbocycles. The molecule has 0 radical (unpaired) electrons. The summed E-state index contributed by atoms with van der Waals surface area (Å²) in [5, 5.41) is 18.2. The van der Waals surface area contributed by atoms with Crippen molar-refractivity contribution in [2.45, 2.75) is 70.3 Å². The van der Waals surface area contributed by atoms with E-state index in [9.17, 15) is 18.4 Å². The Hall–Kier alpha value is -4.26. The molecule has 2 aromatic rings. The molecule has 48 heavy (non-hydrogen) atoms. The predicted octanol–water partition coefficient (Wildman–Crippen LogP) is 5.08. The van der Waals surface area contributed by atoms with Crippen molar-refractivity contribution in [3.63, 3.8) is 0 Å². The van der Waals surface area contributed by atoms with Crippen LogP contribution in [0.1, 0.15) is 47.0 Å². The van der Waals surface area contributed by atoms with Gasteiger partial charge >= 0.3 is 6.61 Å². The van der Waals surface area contributed by atoms with Gasteiger partial charge in [0.1, 0.15) is 18.0 Å². The van der Waals surface area contributed by atoms with E-state index in [0.717, 1.165) is 17.9 Å². The number of hydrazine groups is 1. The van der Waals surface area contributed by atoms with E-state index in [-0.39, 0.29) is 46.9 Å². The first kappa shape index (κ1) is 36.6. The number of halogens is 2. The summed E-state index contributed by atoms with van der Waals surface area (Å²) in [6.45, 7) is 8.63. The SMILES string of the molecule is CC(C)Sc1ccc(OC(F)F)c(-c2nn(CC(=O)N3CCN(CCCC#N)CC3)cc2NC(=O)C2=C3N=CC=CN3NC2)c1.CCC. The second kappa shape index (κ2) is 17.8. The highest BCUT2D eigenvalue weighted by molar-refractivity contribution is 7.99. The summed E-state index contributed by atoms with van der Waals surface area (Å²) in [6.07, 6.45) is 9.14. The van der Waals surface area contributed by atoms with Crippen molar-refractivity contribution in [2.75, 3.05) is 44.6 Å². The second-order valence-electron chi connectivity index (χ2n) is 11.6. The molecule has 3 aliphatic rings. The topological polar surface area (TPSA) is 131 Å². The minimum absolute atomic E-state index is 0.101. The van der Waals surface area contributed by atoms with Crippen molar-refractivity contribution in [2.24, 2.45) is 4.99 Å². The third-order valence-corrected chi connectivity index (χ3v) is 8.30. The maximum atomic E-state index is 13.5. The van der Waals surface area contributed by atoms with Crippen molar-refractivity contribution >= 4 is 35.5 Å². The summed E-state index contributed by atoms with van der Waals surface area (Å²) >= 11 is 1.54. The summed E-state index contributed by atoms with van der Waals surface area (Å²) < 4.78 is 33.2. The summed E-state index contributed by atoms with van der Waals surface area (Å²) in [5.41, 5.74) is 4.14. The molecular formula is C33H43F2N9O3S. The summed E-state index contributed by atoms with van der Waals surface area (Å²) in [4.78, 5) is 35.9. The Morgan fingerprint density at radius 2 is 1.94 bits per heavy atom. The van der Waals surface area contributed by atoms with Gasteiger partial charge in [-0.2, -0.15) is 19.1 Å². The van der Waals surface area contributed by atoms with Gasteiger partial charge in [-0.3, -0.25) is 24.2 Å². The van der Waals surface area contributed by atoms with Crippen molar-refractivity contribution in [3.8, 4) is 23.1 Å². The molecule has 0 unspecified atom stereocenters. The molecule has 15 heteroatoms. The van der Waals surface area contributed by atoms with Gasteiger partial charge < -0.3 is 15.0 Å². The standard InChI is InChI=1S/C30H35F2N9O3S.C3H8/c1-20(2)45-21-6-7-25(44-30(31)32)22(16-21)27-24(36-29(43)23-17-35-41-11-5-9-34-28(23)41)18-40(37-27)19-26(42)39-14-12-38(13-15-39)10-4-3-8-33;1-3-2/h5-7,9,11,16,18,20,30,35H,3-4,10,12-15,17,19H2,1-2H3,(H,36,43);3H2,1-2H3. The number of carbonyl (C=O) groups excluding carboxylic acids is 2. The van der Waals surface area contributed by atoms with Crippen LogP contribution >= 0.6 is 11.8 Å². The molecule has 12 nitrogen and oxygen atoms in total. The number of ether oxygens (including phenoxy) is 1. The number of anilines is 1. The third-order valence-electron chi connectivity index (χ3n) is 7.31. The molecule has 0 aliphatic carbocycles. The average molecular weight is 684 g/mol. The van der Waals surface area contributed by atoms with Crippen LogP contribution in [0.25, 0.3) is 11.3 Å². The number of hydrogen-bond acceptors (Lipinski definition) is 10. The minimum atomic E-state index is -3.08. The van der Waals surface area contributed by atoms with Crippen LogP contribution < -0.4 is 15.5 Å². The fourth-order valence-corrected chi connectivity index (χ4v) is 6.09. The van der Waals surface area contributed by atoms with Gasteiger partial charge in [0, 0.05) is 73.5 Å². The normalized spacial score (nSPS) is 15.8. The average Bonchev–Trinajstić information content (AvgIpc) is 3.66. The highest BCUT2D eigenvalue weighted by Gasteiger charge is 2.29. The zero-order valence-corrected chi connectivity index (χ0v) is 28.6. The van der Waals surface area contributed by atoms with Gasteiger partial charge in [-0.15, -0.1) is 11.8 Å². The molecule has 258 valence electrons. The molecule has 0 bridgehead atoms. The molecule has 1 aromatic carbocycles. The van der Waals surface area contributed by atoms with Gasteiger partial charge in [0.15, 0.2) is 5.82 Å². The van der Waals surface area contributed by atoms with Crippen LogP contribution in [0.2, 0.25) is 0 Å². The number of nitriles is 1. The first-order valence-corrected chi connectivity index (χ1v) is 17.0. The van der Waals surface area contributed by atoms with Crippen LogP contribution in [0, 0.1) is 11.3 Å². The van der Waals surface area contributed by atoms with E-state index >= 15 is 0 Å². The molecule has 1 saturated heterocycles. The van der Waals surface area contributed by atoms with Gasteiger partial charge in [-0.05, 0) is 37.2 Å². The molecule has 3 aliphatic heterocycles. The number of fused-ring (bicyclic) bond motifs is 1. The number of benzene rings is 1.